The summed E-state index contributed by atoms with van der Waals surface area (Å²) in [5.74, 6) is 0.794. The van der Waals surface area contributed by atoms with E-state index < -0.39 is 0 Å². The quantitative estimate of drug-likeness (QED) is 0.870. The van der Waals surface area contributed by atoms with Crippen molar-refractivity contribution in [1.29, 1.82) is 0 Å². The zero-order valence-corrected chi connectivity index (χ0v) is 10.6. The third kappa shape index (κ3) is 2.68. The third-order valence-corrected chi connectivity index (χ3v) is 2.79. The van der Waals surface area contributed by atoms with Crippen LogP contribution in [0.15, 0.2) is 24.4 Å². The number of aliphatic hydroxyl groups is 1. The van der Waals surface area contributed by atoms with Gasteiger partial charge in [-0.25, -0.2) is 4.68 Å². The maximum Gasteiger partial charge on any atom is 0.121 e. The molecule has 5 nitrogen and oxygen atoms in total. The summed E-state index contributed by atoms with van der Waals surface area (Å²) in [5.41, 5.74) is 2.94. The van der Waals surface area contributed by atoms with Crippen molar-refractivity contribution in [2.24, 2.45) is 0 Å². The molecule has 0 bridgehead atoms. The van der Waals surface area contributed by atoms with Crippen LogP contribution in [0.1, 0.15) is 17.7 Å². The number of methoxy groups -OCH3 is 1. The number of aliphatic hydroxyl groups excluding tert-OH is 1. The first-order chi connectivity index (χ1) is 8.74. The monoisotopic (exact) mass is 247 g/mol. The molecular weight excluding hydrogens is 230 g/mol. The molecule has 2 rings (SSSR count). The largest absolute Gasteiger partial charge is 0.497 e. The van der Waals surface area contributed by atoms with Crippen LogP contribution in [0.5, 0.6) is 5.75 Å². The zero-order valence-electron chi connectivity index (χ0n) is 10.6. The number of aromatic nitrogens is 3. The van der Waals surface area contributed by atoms with E-state index in [9.17, 15) is 0 Å². The van der Waals surface area contributed by atoms with E-state index in [-0.39, 0.29) is 6.61 Å². The lowest BCUT2D eigenvalue weighted by atomic mass is 10.2. The maximum atomic E-state index is 8.79. The molecule has 1 aromatic carbocycles. The molecule has 0 saturated heterocycles. The van der Waals surface area contributed by atoms with Crippen LogP contribution < -0.4 is 4.74 Å². The molecule has 0 radical (unpaired) electrons. The van der Waals surface area contributed by atoms with Crippen LogP contribution in [0.3, 0.4) is 0 Å². The minimum absolute atomic E-state index is 0.172. The molecule has 0 spiro atoms. The number of aryl methyl sites for hydroxylation is 2. The number of hydrogen-bond acceptors (Lipinski definition) is 4. The Labute approximate surface area is 106 Å². The summed E-state index contributed by atoms with van der Waals surface area (Å²) in [5, 5.41) is 17.0. The van der Waals surface area contributed by atoms with Crippen LogP contribution in [0.2, 0.25) is 0 Å². The minimum Gasteiger partial charge on any atom is -0.497 e. The molecule has 0 atom stereocenters. The molecule has 5 heteroatoms. The number of rotatable bonds is 5. The summed E-state index contributed by atoms with van der Waals surface area (Å²) in [6.07, 6.45) is 3.33. The lowest BCUT2D eigenvalue weighted by Gasteiger charge is -2.07. The zero-order chi connectivity index (χ0) is 13.0. The fraction of sp³-hybridized carbons (Fsp3) is 0.385. The Morgan fingerprint density at radius 1 is 1.39 bits per heavy atom. The second-order valence-electron chi connectivity index (χ2n) is 4.13. The molecule has 0 amide bonds. The van der Waals surface area contributed by atoms with E-state index in [1.165, 1.54) is 0 Å². The van der Waals surface area contributed by atoms with Crippen molar-refractivity contribution in [3.63, 3.8) is 0 Å². The Morgan fingerprint density at radius 3 is 2.94 bits per heavy atom. The number of hydrogen-bond donors (Lipinski definition) is 1. The summed E-state index contributed by atoms with van der Waals surface area (Å²) in [4.78, 5) is 0. The SMILES string of the molecule is COc1ccc(C)c(-n2cc(CCCO)nn2)c1. The van der Waals surface area contributed by atoms with Gasteiger partial charge in [0.1, 0.15) is 5.75 Å². The van der Waals surface area contributed by atoms with Crippen molar-refractivity contribution in [1.82, 2.24) is 15.0 Å². The van der Waals surface area contributed by atoms with Crippen LogP contribution in [0.25, 0.3) is 5.69 Å². The molecule has 1 heterocycles. The van der Waals surface area contributed by atoms with Gasteiger partial charge in [-0.05, 0) is 31.4 Å². The maximum absolute atomic E-state index is 8.79. The molecular formula is C13H17N3O2. The molecule has 0 aliphatic carbocycles. The van der Waals surface area contributed by atoms with Gasteiger partial charge in [0, 0.05) is 12.7 Å². The van der Waals surface area contributed by atoms with Crippen molar-refractivity contribution >= 4 is 0 Å². The van der Waals surface area contributed by atoms with E-state index >= 15 is 0 Å². The number of benzene rings is 1. The standard InChI is InChI=1S/C13H17N3O2/c1-10-5-6-12(18-2)8-13(10)16-9-11(14-15-16)4-3-7-17/h5-6,8-9,17H,3-4,7H2,1-2H3. The Balaban J connectivity index is 2.27. The van der Waals surface area contributed by atoms with Gasteiger partial charge in [0.15, 0.2) is 0 Å². The minimum atomic E-state index is 0.172. The van der Waals surface area contributed by atoms with Gasteiger partial charge in [0.2, 0.25) is 0 Å². The molecule has 96 valence electrons. The van der Waals surface area contributed by atoms with Crippen LogP contribution in [0, 0.1) is 6.92 Å². The molecule has 0 fully saturated rings. The highest BCUT2D eigenvalue weighted by Crippen LogP contribution is 2.20. The summed E-state index contributed by atoms with van der Waals surface area (Å²) in [7, 11) is 1.64. The van der Waals surface area contributed by atoms with Crippen molar-refractivity contribution in [3.05, 3.63) is 35.7 Å². The highest BCUT2D eigenvalue weighted by atomic mass is 16.5. The first-order valence-electron chi connectivity index (χ1n) is 5.91. The lowest BCUT2D eigenvalue weighted by molar-refractivity contribution is 0.288. The van der Waals surface area contributed by atoms with Gasteiger partial charge in [0.25, 0.3) is 0 Å². The average molecular weight is 247 g/mol. The Kier molecular flexibility index (Phi) is 3.94. The molecule has 0 aliphatic rings. The first-order valence-corrected chi connectivity index (χ1v) is 5.91. The fourth-order valence-electron chi connectivity index (χ4n) is 1.75. The predicted molar refractivity (Wildman–Crippen MR) is 68.1 cm³/mol. The van der Waals surface area contributed by atoms with Crippen LogP contribution in [-0.4, -0.2) is 33.8 Å². The smallest absolute Gasteiger partial charge is 0.121 e. The van der Waals surface area contributed by atoms with Crippen LogP contribution >= 0.6 is 0 Å². The Bertz CT molecular complexity index is 523. The summed E-state index contributed by atoms with van der Waals surface area (Å²) in [6.45, 7) is 2.19. The topological polar surface area (TPSA) is 60.2 Å². The van der Waals surface area contributed by atoms with Crippen molar-refractivity contribution < 1.29 is 9.84 Å². The van der Waals surface area contributed by atoms with Gasteiger partial charge in [-0.3, -0.25) is 0 Å². The average Bonchev–Trinajstić information content (AvgIpc) is 2.85. The van der Waals surface area contributed by atoms with Gasteiger partial charge in [-0.15, -0.1) is 5.10 Å². The van der Waals surface area contributed by atoms with Gasteiger partial charge < -0.3 is 9.84 Å². The highest BCUT2D eigenvalue weighted by Gasteiger charge is 2.06. The van der Waals surface area contributed by atoms with Gasteiger partial charge in [-0.2, -0.15) is 0 Å². The molecule has 1 aromatic heterocycles. The van der Waals surface area contributed by atoms with Crippen LogP contribution in [0.4, 0.5) is 0 Å². The molecule has 2 aromatic rings. The van der Waals surface area contributed by atoms with E-state index in [0.717, 1.165) is 29.1 Å². The van der Waals surface area contributed by atoms with E-state index in [1.54, 1.807) is 11.8 Å². The molecule has 18 heavy (non-hydrogen) atoms. The molecule has 0 unspecified atom stereocenters. The lowest BCUT2D eigenvalue weighted by Crippen LogP contribution is -1.98. The normalized spacial score (nSPS) is 10.6. The Hall–Kier alpha value is -1.88. The van der Waals surface area contributed by atoms with E-state index in [2.05, 4.69) is 10.3 Å². The van der Waals surface area contributed by atoms with Crippen molar-refractivity contribution in [3.8, 4) is 11.4 Å². The van der Waals surface area contributed by atoms with E-state index in [1.807, 2.05) is 31.3 Å². The van der Waals surface area contributed by atoms with Crippen LogP contribution in [-0.2, 0) is 6.42 Å². The fourth-order valence-corrected chi connectivity index (χ4v) is 1.75. The van der Waals surface area contributed by atoms with Gasteiger partial charge in [-0.1, -0.05) is 11.3 Å². The van der Waals surface area contributed by atoms with Gasteiger partial charge in [0.05, 0.1) is 24.7 Å². The summed E-state index contributed by atoms with van der Waals surface area (Å²) >= 11 is 0. The van der Waals surface area contributed by atoms with E-state index in [4.69, 9.17) is 9.84 Å². The second kappa shape index (κ2) is 5.64. The van der Waals surface area contributed by atoms with E-state index in [0.29, 0.717) is 6.42 Å². The van der Waals surface area contributed by atoms with Gasteiger partial charge >= 0.3 is 0 Å². The third-order valence-electron chi connectivity index (χ3n) is 2.79. The highest BCUT2D eigenvalue weighted by molar-refractivity contribution is 5.45. The molecule has 1 N–H and O–H groups in total. The first kappa shape index (κ1) is 12.6. The van der Waals surface area contributed by atoms with Crippen molar-refractivity contribution in [2.75, 3.05) is 13.7 Å². The second-order valence-corrected chi connectivity index (χ2v) is 4.13. The van der Waals surface area contributed by atoms with Crippen molar-refractivity contribution in [2.45, 2.75) is 19.8 Å². The predicted octanol–water partition coefficient (Wildman–Crippen LogP) is 1.51. The summed E-state index contributed by atoms with van der Waals surface area (Å²) in [6, 6.07) is 5.84. The summed E-state index contributed by atoms with van der Waals surface area (Å²) < 4.78 is 6.95. The molecule has 0 aliphatic heterocycles. The number of nitrogens with zero attached hydrogens (tertiary/aromatic N) is 3. The molecule has 0 saturated carbocycles. The number of ether oxygens (including phenoxy) is 1. The Morgan fingerprint density at radius 2 is 2.22 bits per heavy atom.